The van der Waals surface area contributed by atoms with Gasteiger partial charge in [0.2, 0.25) is 0 Å². The number of benzene rings is 1. The van der Waals surface area contributed by atoms with E-state index in [4.69, 9.17) is 4.74 Å². The SMILES string of the molecule is CCOC(C)=O.CC[C@@H]1C[C@@H](O)CN1C(=O)OCc1ccccc1. The molecule has 0 radical (unpaired) electrons. The van der Waals surface area contributed by atoms with E-state index in [9.17, 15) is 14.7 Å². The third-order valence-corrected chi connectivity index (χ3v) is 3.65. The second-order valence-corrected chi connectivity index (χ2v) is 5.57. The van der Waals surface area contributed by atoms with E-state index in [-0.39, 0.29) is 24.7 Å². The first-order chi connectivity index (χ1) is 11.5. The molecule has 1 aliphatic heterocycles. The maximum Gasteiger partial charge on any atom is 0.410 e. The van der Waals surface area contributed by atoms with Gasteiger partial charge in [-0.25, -0.2) is 4.79 Å². The lowest BCUT2D eigenvalue weighted by Crippen LogP contribution is -2.36. The van der Waals surface area contributed by atoms with Crippen molar-refractivity contribution in [3.8, 4) is 0 Å². The Hall–Kier alpha value is -2.08. The molecule has 1 saturated heterocycles. The van der Waals surface area contributed by atoms with Crippen LogP contribution in [-0.2, 0) is 20.9 Å². The zero-order valence-electron chi connectivity index (χ0n) is 14.6. The van der Waals surface area contributed by atoms with Crippen LogP contribution in [0.2, 0.25) is 0 Å². The first kappa shape index (κ1) is 20.0. The van der Waals surface area contributed by atoms with Crippen molar-refractivity contribution >= 4 is 12.1 Å². The second kappa shape index (κ2) is 10.6. The Bertz CT molecular complexity index is 505. The van der Waals surface area contributed by atoms with Crippen LogP contribution in [0.4, 0.5) is 4.79 Å². The van der Waals surface area contributed by atoms with Gasteiger partial charge in [-0.2, -0.15) is 0 Å². The first-order valence-corrected chi connectivity index (χ1v) is 8.26. The summed E-state index contributed by atoms with van der Waals surface area (Å²) in [6.45, 7) is 6.33. The molecule has 1 fully saturated rings. The highest BCUT2D eigenvalue weighted by Crippen LogP contribution is 2.21. The Morgan fingerprint density at radius 1 is 1.21 bits per heavy atom. The fourth-order valence-corrected chi connectivity index (χ4v) is 2.51. The van der Waals surface area contributed by atoms with Gasteiger partial charge in [-0.3, -0.25) is 4.79 Å². The summed E-state index contributed by atoms with van der Waals surface area (Å²) in [5.41, 5.74) is 0.971. The van der Waals surface area contributed by atoms with E-state index in [2.05, 4.69) is 4.74 Å². The quantitative estimate of drug-likeness (QED) is 0.855. The van der Waals surface area contributed by atoms with Gasteiger partial charge in [-0.05, 0) is 25.3 Å². The van der Waals surface area contributed by atoms with E-state index in [0.29, 0.717) is 19.6 Å². The largest absolute Gasteiger partial charge is 0.466 e. The first-order valence-electron chi connectivity index (χ1n) is 8.26. The standard InChI is InChI=1S/C14H19NO3.C4H8O2/c1-2-12-8-13(16)9-15(12)14(17)18-10-11-6-4-3-5-7-11;1-3-6-4(2)5/h3-7,12-13,16H,2,8-10H2,1H3;3H2,1-2H3/t12-,13-;/m1./s1. The van der Waals surface area contributed by atoms with Gasteiger partial charge in [0.15, 0.2) is 0 Å². The van der Waals surface area contributed by atoms with Crippen LogP contribution in [0.5, 0.6) is 0 Å². The van der Waals surface area contributed by atoms with E-state index >= 15 is 0 Å². The van der Waals surface area contributed by atoms with Crippen molar-refractivity contribution in [3.63, 3.8) is 0 Å². The van der Waals surface area contributed by atoms with Crippen LogP contribution in [-0.4, -0.2) is 47.4 Å². The Kier molecular flexibility index (Phi) is 8.86. The number of hydrogen-bond acceptors (Lipinski definition) is 5. The van der Waals surface area contributed by atoms with Gasteiger partial charge >= 0.3 is 12.1 Å². The average Bonchev–Trinajstić information content (AvgIpc) is 2.95. The fraction of sp³-hybridized carbons (Fsp3) is 0.556. The van der Waals surface area contributed by atoms with Gasteiger partial charge in [0.1, 0.15) is 6.61 Å². The predicted octanol–water partition coefficient (Wildman–Crippen LogP) is 2.74. The van der Waals surface area contributed by atoms with Crippen molar-refractivity contribution in [3.05, 3.63) is 35.9 Å². The molecular formula is C18H27NO5. The predicted molar refractivity (Wildman–Crippen MR) is 90.3 cm³/mol. The normalized spacial score (nSPS) is 19.2. The highest BCUT2D eigenvalue weighted by Gasteiger charge is 2.33. The summed E-state index contributed by atoms with van der Waals surface area (Å²) in [6, 6.07) is 9.69. The lowest BCUT2D eigenvalue weighted by atomic mass is 10.1. The Morgan fingerprint density at radius 2 is 1.88 bits per heavy atom. The van der Waals surface area contributed by atoms with Crippen LogP contribution < -0.4 is 0 Å². The van der Waals surface area contributed by atoms with Crippen LogP contribution in [0.15, 0.2) is 30.3 Å². The number of aliphatic hydroxyl groups is 1. The number of aliphatic hydroxyl groups excluding tert-OH is 1. The number of rotatable bonds is 4. The third-order valence-electron chi connectivity index (χ3n) is 3.65. The van der Waals surface area contributed by atoms with Crippen LogP contribution in [0.1, 0.15) is 39.2 Å². The van der Waals surface area contributed by atoms with E-state index in [1.54, 1.807) is 11.8 Å². The van der Waals surface area contributed by atoms with Crippen molar-refractivity contribution in [2.24, 2.45) is 0 Å². The molecule has 1 aliphatic rings. The molecule has 0 aliphatic carbocycles. The summed E-state index contributed by atoms with van der Waals surface area (Å²) in [4.78, 5) is 23.4. The Balaban J connectivity index is 0.000000413. The molecule has 1 aromatic rings. The monoisotopic (exact) mass is 337 g/mol. The second-order valence-electron chi connectivity index (χ2n) is 5.57. The molecule has 1 aromatic carbocycles. The number of ether oxygens (including phenoxy) is 2. The molecule has 0 aromatic heterocycles. The summed E-state index contributed by atoms with van der Waals surface area (Å²) < 4.78 is 9.67. The van der Waals surface area contributed by atoms with Crippen LogP contribution in [0.3, 0.4) is 0 Å². The van der Waals surface area contributed by atoms with Crippen LogP contribution in [0, 0.1) is 0 Å². The molecule has 2 rings (SSSR count). The van der Waals surface area contributed by atoms with Crippen LogP contribution >= 0.6 is 0 Å². The van der Waals surface area contributed by atoms with Gasteiger partial charge in [-0.1, -0.05) is 37.3 Å². The molecule has 6 heteroatoms. The van der Waals surface area contributed by atoms with Gasteiger partial charge < -0.3 is 19.5 Å². The van der Waals surface area contributed by atoms with E-state index in [1.807, 2.05) is 37.3 Å². The smallest absolute Gasteiger partial charge is 0.410 e. The number of likely N-dealkylation sites (tertiary alicyclic amines) is 1. The summed E-state index contributed by atoms with van der Waals surface area (Å²) in [7, 11) is 0. The summed E-state index contributed by atoms with van der Waals surface area (Å²) >= 11 is 0. The third kappa shape index (κ3) is 7.00. The molecule has 1 N–H and O–H groups in total. The lowest BCUT2D eigenvalue weighted by molar-refractivity contribution is -0.140. The molecule has 0 saturated carbocycles. The highest BCUT2D eigenvalue weighted by atomic mass is 16.6. The van der Waals surface area contributed by atoms with Crippen molar-refractivity contribution in [1.29, 1.82) is 0 Å². The highest BCUT2D eigenvalue weighted by molar-refractivity contribution is 5.68. The molecule has 24 heavy (non-hydrogen) atoms. The Labute approximate surface area is 143 Å². The zero-order chi connectivity index (χ0) is 17.9. The number of carbonyl (C=O) groups is 2. The number of hydrogen-bond donors (Lipinski definition) is 1. The number of amides is 1. The van der Waals surface area contributed by atoms with E-state index in [0.717, 1.165) is 12.0 Å². The van der Waals surface area contributed by atoms with E-state index < -0.39 is 6.10 Å². The van der Waals surface area contributed by atoms with Gasteiger partial charge in [-0.15, -0.1) is 0 Å². The molecular weight excluding hydrogens is 310 g/mol. The maximum absolute atomic E-state index is 11.9. The number of β-amino-alcohol motifs (C(OH)–C–C–N with tert-alkyl or cyclic N) is 1. The molecule has 1 amide bonds. The van der Waals surface area contributed by atoms with E-state index in [1.165, 1.54) is 6.92 Å². The average molecular weight is 337 g/mol. The number of nitrogens with zero attached hydrogens (tertiary/aromatic N) is 1. The Morgan fingerprint density at radius 3 is 2.38 bits per heavy atom. The summed E-state index contributed by atoms with van der Waals surface area (Å²) in [5, 5.41) is 9.59. The molecule has 134 valence electrons. The molecule has 0 spiro atoms. The topological polar surface area (TPSA) is 76.1 Å². The molecule has 0 unspecified atom stereocenters. The van der Waals surface area contributed by atoms with Crippen molar-refractivity contribution in [2.75, 3.05) is 13.2 Å². The maximum atomic E-state index is 11.9. The van der Waals surface area contributed by atoms with Gasteiger partial charge in [0.25, 0.3) is 0 Å². The number of carbonyl (C=O) groups excluding carboxylic acids is 2. The molecule has 1 heterocycles. The minimum absolute atomic E-state index is 0.100. The summed E-state index contributed by atoms with van der Waals surface area (Å²) in [6.07, 6.45) is 0.746. The summed E-state index contributed by atoms with van der Waals surface area (Å²) in [5.74, 6) is -0.211. The van der Waals surface area contributed by atoms with Crippen molar-refractivity contribution in [2.45, 2.75) is 52.4 Å². The van der Waals surface area contributed by atoms with Gasteiger partial charge in [0.05, 0.1) is 19.3 Å². The van der Waals surface area contributed by atoms with Crippen molar-refractivity contribution in [1.82, 2.24) is 4.90 Å². The fourth-order valence-electron chi connectivity index (χ4n) is 2.51. The van der Waals surface area contributed by atoms with Crippen molar-refractivity contribution < 1.29 is 24.2 Å². The molecule has 2 atom stereocenters. The minimum atomic E-state index is -0.417. The molecule has 6 nitrogen and oxygen atoms in total. The molecule has 0 bridgehead atoms. The minimum Gasteiger partial charge on any atom is -0.466 e. The zero-order valence-corrected chi connectivity index (χ0v) is 14.6. The lowest BCUT2D eigenvalue weighted by Gasteiger charge is -2.22. The van der Waals surface area contributed by atoms with Gasteiger partial charge in [0, 0.05) is 13.0 Å². The van der Waals surface area contributed by atoms with Crippen LogP contribution in [0.25, 0.3) is 0 Å². The number of esters is 1.